The average molecular weight is 383 g/mol. The molecule has 136 valence electrons. The average Bonchev–Trinajstić information content (AvgIpc) is 3.04. The summed E-state index contributed by atoms with van der Waals surface area (Å²) in [5, 5.41) is 10.1. The summed E-state index contributed by atoms with van der Waals surface area (Å²) < 4.78 is 27.7. The second-order valence-electron chi connectivity index (χ2n) is 5.70. The van der Waals surface area contributed by atoms with Gasteiger partial charge in [-0.15, -0.1) is 10.2 Å². The molecular formula is C16H22N4O3S2. The maximum absolute atomic E-state index is 12.6. The van der Waals surface area contributed by atoms with Crippen molar-refractivity contribution in [1.82, 2.24) is 14.9 Å². The Morgan fingerprint density at radius 1 is 1.20 bits per heavy atom. The lowest BCUT2D eigenvalue weighted by Crippen LogP contribution is -2.28. The Kier molecular flexibility index (Phi) is 6.26. The van der Waals surface area contributed by atoms with Crippen molar-refractivity contribution < 1.29 is 13.2 Å². The molecule has 0 aliphatic heterocycles. The number of nitrogens with one attached hydrogen (secondary N) is 2. The highest BCUT2D eigenvalue weighted by molar-refractivity contribution is 7.91. The summed E-state index contributed by atoms with van der Waals surface area (Å²) in [7, 11) is -3.82. The molecule has 1 unspecified atom stereocenters. The Bertz CT molecular complexity index is 862. The Morgan fingerprint density at radius 2 is 1.92 bits per heavy atom. The molecular weight excluding hydrogens is 360 g/mol. The fraction of sp³-hybridized carbons (Fsp3) is 0.438. The van der Waals surface area contributed by atoms with Gasteiger partial charge in [-0.3, -0.25) is 4.79 Å². The number of carbonyl (C=O) groups excluding carboxylic acids is 1. The van der Waals surface area contributed by atoms with E-state index < -0.39 is 10.0 Å². The smallest absolute Gasteiger partial charge is 0.270 e. The van der Waals surface area contributed by atoms with Crippen LogP contribution in [0.4, 0.5) is 5.13 Å². The Balaban J connectivity index is 2.21. The molecule has 0 fully saturated rings. The van der Waals surface area contributed by atoms with Gasteiger partial charge in [0.2, 0.25) is 15.4 Å². The molecule has 0 spiro atoms. The van der Waals surface area contributed by atoms with Gasteiger partial charge in [-0.25, -0.2) is 13.1 Å². The van der Waals surface area contributed by atoms with E-state index in [1.807, 2.05) is 39.0 Å². The molecule has 2 aromatic rings. The topological polar surface area (TPSA) is 101 Å². The zero-order valence-corrected chi connectivity index (χ0v) is 16.3. The number of aromatic nitrogens is 2. The predicted molar refractivity (Wildman–Crippen MR) is 98.1 cm³/mol. The van der Waals surface area contributed by atoms with Crippen molar-refractivity contribution >= 4 is 32.4 Å². The summed E-state index contributed by atoms with van der Waals surface area (Å²) in [5.74, 6) is -0.241. The van der Waals surface area contributed by atoms with Crippen LogP contribution in [0.5, 0.6) is 0 Å². The number of hydrogen-bond donors (Lipinski definition) is 2. The first-order chi connectivity index (χ1) is 11.8. The van der Waals surface area contributed by atoms with Crippen molar-refractivity contribution in [3.05, 3.63) is 34.9 Å². The molecule has 2 N–H and O–H groups in total. The highest BCUT2D eigenvalue weighted by Crippen LogP contribution is 2.25. The van der Waals surface area contributed by atoms with Gasteiger partial charge in [-0.1, -0.05) is 43.4 Å². The third-order valence-electron chi connectivity index (χ3n) is 3.84. The largest absolute Gasteiger partial charge is 0.301 e. The summed E-state index contributed by atoms with van der Waals surface area (Å²) in [6, 6.07) is 5.53. The molecule has 1 aromatic heterocycles. The number of carbonyl (C=O) groups is 1. The monoisotopic (exact) mass is 382 g/mol. The lowest BCUT2D eigenvalue weighted by atomic mass is 10.0. The van der Waals surface area contributed by atoms with Crippen LogP contribution in [0, 0.1) is 13.8 Å². The van der Waals surface area contributed by atoms with E-state index in [1.54, 1.807) is 6.92 Å². The molecule has 25 heavy (non-hydrogen) atoms. The number of benzene rings is 1. The zero-order valence-electron chi connectivity index (χ0n) is 14.7. The van der Waals surface area contributed by atoms with E-state index in [2.05, 4.69) is 20.2 Å². The molecule has 9 heteroatoms. The third kappa shape index (κ3) is 4.83. The fourth-order valence-corrected chi connectivity index (χ4v) is 4.42. The first-order valence-corrected chi connectivity index (χ1v) is 10.3. The number of hydrogen-bond acceptors (Lipinski definition) is 6. The predicted octanol–water partition coefficient (Wildman–Crippen LogP) is 2.93. The first kappa shape index (κ1) is 19.5. The van der Waals surface area contributed by atoms with Crippen molar-refractivity contribution in [2.75, 3.05) is 5.32 Å². The van der Waals surface area contributed by atoms with Crippen LogP contribution >= 0.6 is 11.3 Å². The number of rotatable bonds is 7. The van der Waals surface area contributed by atoms with E-state index in [4.69, 9.17) is 0 Å². The van der Waals surface area contributed by atoms with Gasteiger partial charge >= 0.3 is 0 Å². The molecule has 1 amide bonds. The maximum atomic E-state index is 12.6. The van der Waals surface area contributed by atoms with Crippen LogP contribution in [0.2, 0.25) is 0 Å². The van der Waals surface area contributed by atoms with Crippen molar-refractivity contribution in [2.45, 2.75) is 50.9 Å². The van der Waals surface area contributed by atoms with E-state index >= 15 is 0 Å². The van der Waals surface area contributed by atoms with Gasteiger partial charge in [0.15, 0.2) is 0 Å². The Morgan fingerprint density at radius 3 is 2.52 bits per heavy atom. The van der Waals surface area contributed by atoms with Crippen molar-refractivity contribution in [3.8, 4) is 0 Å². The minimum Gasteiger partial charge on any atom is -0.301 e. The van der Waals surface area contributed by atoms with Gasteiger partial charge < -0.3 is 5.32 Å². The van der Waals surface area contributed by atoms with E-state index in [-0.39, 0.29) is 27.8 Å². The Labute approximate surface area is 151 Å². The standard InChI is InChI=1S/C16H22N4O3S2/c1-5-13(12-8-7-10(3)11(4)9-12)20-25(22,23)16-19-18-15(24-16)17-14(21)6-2/h7-9,13,20H,5-6H2,1-4H3,(H,17,18,21). The minimum atomic E-state index is -3.82. The number of aryl methyl sites for hydroxylation is 2. The minimum absolute atomic E-state index is 0.166. The molecule has 1 heterocycles. The lowest BCUT2D eigenvalue weighted by molar-refractivity contribution is -0.115. The van der Waals surface area contributed by atoms with E-state index in [9.17, 15) is 13.2 Å². The number of nitrogens with zero attached hydrogens (tertiary/aromatic N) is 2. The van der Waals surface area contributed by atoms with Gasteiger partial charge in [-0.2, -0.15) is 0 Å². The second kappa shape index (κ2) is 8.03. The highest BCUT2D eigenvalue weighted by atomic mass is 32.2. The van der Waals surface area contributed by atoms with E-state index in [1.165, 1.54) is 0 Å². The number of amides is 1. The summed E-state index contributed by atoms with van der Waals surface area (Å²) in [6.07, 6.45) is 0.880. The van der Waals surface area contributed by atoms with Crippen LogP contribution in [-0.4, -0.2) is 24.5 Å². The highest BCUT2D eigenvalue weighted by Gasteiger charge is 2.25. The van der Waals surface area contributed by atoms with Gasteiger partial charge in [0.05, 0.1) is 0 Å². The maximum Gasteiger partial charge on any atom is 0.270 e. The summed E-state index contributed by atoms with van der Waals surface area (Å²) in [4.78, 5) is 11.4. The number of anilines is 1. The molecule has 7 nitrogen and oxygen atoms in total. The van der Waals surface area contributed by atoms with Crippen LogP contribution in [0.25, 0.3) is 0 Å². The molecule has 0 radical (unpaired) electrons. The molecule has 1 atom stereocenters. The van der Waals surface area contributed by atoms with Crippen LogP contribution < -0.4 is 10.0 Å². The van der Waals surface area contributed by atoms with Crippen LogP contribution in [0.1, 0.15) is 49.4 Å². The lowest BCUT2D eigenvalue weighted by Gasteiger charge is -2.17. The first-order valence-electron chi connectivity index (χ1n) is 7.99. The van der Waals surface area contributed by atoms with Gasteiger partial charge in [0.25, 0.3) is 10.0 Å². The normalized spacial score (nSPS) is 12.8. The summed E-state index contributed by atoms with van der Waals surface area (Å²) >= 11 is 0.832. The van der Waals surface area contributed by atoms with Crippen molar-refractivity contribution in [2.24, 2.45) is 0 Å². The van der Waals surface area contributed by atoms with E-state index in [0.29, 0.717) is 6.42 Å². The van der Waals surface area contributed by atoms with Crippen LogP contribution in [0.15, 0.2) is 22.5 Å². The third-order valence-corrected chi connectivity index (χ3v) is 6.52. The summed E-state index contributed by atoms with van der Waals surface area (Å²) in [5.41, 5.74) is 3.16. The second-order valence-corrected chi connectivity index (χ2v) is 8.57. The van der Waals surface area contributed by atoms with E-state index in [0.717, 1.165) is 28.0 Å². The molecule has 2 rings (SSSR count). The number of sulfonamides is 1. The van der Waals surface area contributed by atoms with Crippen LogP contribution in [0.3, 0.4) is 0 Å². The molecule has 1 aromatic carbocycles. The summed E-state index contributed by atoms with van der Waals surface area (Å²) in [6.45, 7) is 7.62. The molecule has 0 aliphatic rings. The SMILES string of the molecule is CCC(=O)Nc1nnc(S(=O)(=O)NC(CC)c2ccc(C)c(C)c2)s1. The van der Waals surface area contributed by atoms with Gasteiger partial charge in [0.1, 0.15) is 0 Å². The van der Waals surface area contributed by atoms with Gasteiger partial charge in [0, 0.05) is 12.5 Å². The molecule has 0 saturated heterocycles. The Hall–Kier alpha value is -1.84. The van der Waals surface area contributed by atoms with Crippen molar-refractivity contribution in [3.63, 3.8) is 0 Å². The molecule has 0 saturated carbocycles. The molecule has 0 bridgehead atoms. The zero-order chi connectivity index (χ0) is 18.6. The van der Waals surface area contributed by atoms with Crippen LogP contribution in [-0.2, 0) is 14.8 Å². The van der Waals surface area contributed by atoms with Crippen molar-refractivity contribution in [1.29, 1.82) is 0 Å². The molecule has 0 aliphatic carbocycles. The fourth-order valence-electron chi connectivity index (χ4n) is 2.18. The quantitative estimate of drug-likeness (QED) is 0.717. The van der Waals surface area contributed by atoms with Gasteiger partial charge in [-0.05, 0) is 37.0 Å².